The highest BCUT2D eigenvalue weighted by molar-refractivity contribution is 7.99. The summed E-state index contributed by atoms with van der Waals surface area (Å²) >= 11 is 1.78. The quantitative estimate of drug-likeness (QED) is 0.723. The van der Waals surface area contributed by atoms with Crippen LogP contribution in [0.2, 0.25) is 0 Å². The summed E-state index contributed by atoms with van der Waals surface area (Å²) in [7, 11) is 0. The molecule has 0 atom stereocenters. The molecule has 0 fully saturated rings. The number of aliphatic hydroxyl groups is 1. The van der Waals surface area contributed by atoms with Crippen LogP contribution in [0.25, 0.3) is 0 Å². The summed E-state index contributed by atoms with van der Waals surface area (Å²) in [5.41, 5.74) is 1.48. The molecule has 2 N–H and O–H groups in total. The lowest BCUT2D eigenvalue weighted by atomic mass is 10.2. The first-order chi connectivity index (χ1) is 8.27. The van der Waals surface area contributed by atoms with Gasteiger partial charge in [0.1, 0.15) is 11.9 Å². The van der Waals surface area contributed by atoms with Gasteiger partial charge in [-0.3, -0.25) is 0 Å². The van der Waals surface area contributed by atoms with Crippen molar-refractivity contribution in [2.24, 2.45) is 0 Å². The van der Waals surface area contributed by atoms with Gasteiger partial charge in [-0.1, -0.05) is 0 Å². The minimum absolute atomic E-state index is 0.248. The molecule has 0 saturated carbocycles. The van der Waals surface area contributed by atoms with Gasteiger partial charge in [-0.05, 0) is 31.2 Å². The average Bonchev–Trinajstić information content (AvgIpc) is 2.34. The molecule has 0 unspecified atom stereocenters. The Balaban J connectivity index is 2.36. The summed E-state index contributed by atoms with van der Waals surface area (Å²) in [6.45, 7) is 2.93. The Labute approximate surface area is 106 Å². The van der Waals surface area contributed by atoms with Gasteiger partial charge in [0.2, 0.25) is 0 Å². The average molecular weight is 251 g/mol. The Morgan fingerprint density at radius 3 is 3.00 bits per heavy atom. The van der Waals surface area contributed by atoms with E-state index in [1.165, 1.54) is 0 Å². The van der Waals surface area contributed by atoms with Gasteiger partial charge in [0.15, 0.2) is 0 Å². The van der Waals surface area contributed by atoms with Crippen molar-refractivity contribution in [1.29, 1.82) is 5.26 Å². The predicted molar refractivity (Wildman–Crippen MR) is 71.2 cm³/mol. The maximum Gasteiger partial charge on any atom is 0.144 e. The maximum absolute atomic E-state index is 8.92. The third-order valence-electron chi connectivity index (χ3n) is 2.14. The van der Waals surface area contributed by atoms with Crippen molar-refractivity contribution >= 4 is 17.6 Å². The molecule has 92 valence electrons. The highest BCUT2D eigenvalue weighted by Gasteiger charge is 2.02. The molecule has 1 rings (SSSR count). The lowest BCUT2D eigenvalue weighted by molar-refractivity contribution is 0.296. The van der Waals surface area contributed by atoms with Crippen LogP contribution in [0.3, 0.4) is 0 Å². The number of nitrogens with one attached hydrogen (secondary N) is 1. The molecule has 0 amide bonds. The Morgan fingerprint density at radius 1 is 1.47 bits per heavy atom. The summed E-state index contributed by atoms with van der Waals surface area (Å²) in [5, 5.41) is 20.7. The zero-order valence-electron chi connectivity index (χ0n) is 9.94. The van der Waals surface area contributed by atoms with Crippen LogP contribution in [0.4, 0.5) is 5.82 Å². The summed E-state index contributed by atoms with van der Waals surface area (Å²) in [4.78, 5) is 4.30. The molecular formula is C12H17N3OS. The van der Waals surface area contributed by atoms with Crippen LogP contribution in [-0.2, 0) is 0 Å². The summed E-state index contributed by atoms with van der Waals surface area (Å²) < 4.78 is 0. The number of nitriles is 1. The third-order valence-corrected chi connectivity index (χ3v) is 3.21. The molecule has 0 radical (unpaired) electrons. The number of aliphatic hydroxyl groups excluding tert-OH is 1. The lowest BCUT2D eigenvalue weighted by Crippen LogP contribution is -2.08. The Hall–Kier alpha value is -1.25. The van der Waals surface area contributed by atoms with Gasteiger partial charge in [0.25, 0.3) is 0 Å². The number of anilines is 1. The van der Waals surface area contributed by atoms with E-state index in [9.17, 15) is 0 Å². The van der Waals surface area contributed by atoms with Crippen molar-refractivity contribution in [3.8, 4) is 6.07 Å². The highest BCUT2D eigenvalue weighted by Crippen LogP contribution is 2.12. The number of pyridine rings is 1. The van der Waals surface area contributed by atoms with Crippen LogP contribution in [0.5, 0.6) is 0 Å². The van der Waals surface area contributed by atoms with E-state index in [0.717, 1.165) is 30.2 Å². The number of hydrogen-bond donors (Lipinski definition) is 2. The van der Waals surface area contributed by atoms with Crippen molar-refractivity contribution < 1.29 is 5.11 Å². The van der Waals surface area contributed by atoms with Gasteiger partial charge in [0, 0.05) is 24.6 Å². The predicted octanol–water partition coefficient (Wildman–Crippen LogP) is 1.79. The van der Waals surface area contributed by atoms with E-state index in [2.05, 4.69) is 16.4 Å². The van der Waals surface area contributed by atoms with Crippen LogP contribution in [0, 0.1) is 18.3 Å². The molecule has 1 aromatic rings. The molecule has 0 bridgehead atoms. The highest BCUT2D eigenvalue weighted by atomic mass is 32.2. The summed E-state index contributed by atoms with van der Waals surface area (Å²) in [5.74, 6) is 2.57. The van der Waals surface area contributed by atoms with E-state index in [4.69, 9.17) is 10.4 Å². The van der Waals surface area contributed by atoms with Crippen LogP contribution in [0.1, 0.15) is 17.7 Å². The van der Waals surface area contributed by atoms with E-state index < -0.39 is 0 Å². The van der Waals surface area contributed by atoms with E-state index in [-0.39, 0.29) is 6.61 Å². The fraction of sp³-hybridized carbons (Fsp3) is 0.500. The first kappa shape index (κ1) is 13.8. The molecule has 0 aliphatic carbocycles. The molecule has 0 saturated heterocycles. The Bertz CT molecular complexity index is 390. The molecule has 0 aliphatic heterocycles. The molecule has 5 heteroatoms. The minimum atomic E-state index is 0.248. The standard InChI is InChI=1S/C12H17N3OS/c1-10-3-4-11(9-13)12(15-10)14-5-8-17-7-2-6-16/h3-4,16H,2,5-8H2,1H3,(H,14,15). The van der Waals surface area contributed by atoms with Crippen LogP contribution in [-0.4, -0.2) is 34.7 Å². The summed E-state index contributed by atoms with van der Waals surface area (Å²) in [6, 6.07) is 5.73. The molecule has 0 aliphatic rings. The van der Waals surface area contributed by atoms with E-state index >= 15 is 0 Å². The van der Waals surface area contributed by atoms with E-state index in [1.807, 2.05) is 13.0 Å². The normalized spacial score (nSPS) is 9.94. The van der Waals surface area contributed by atoms with E-state index in [0.29, 0.717) is 11.4 Å². The zero-order chi connectivity index (χ0) is 12.5. The number of thioether (sulfide) groups is 1. The van der Waals surface area contributed by atoms with Crippen LogP contribution >= 0.6 is 11.8 Å². The van der Waals surface area contributed by atoms with Crippen molar-refractivity contribution in [2.75, 3.05) is 30.0 Å². The smallest absolute Gasteiger partial charge is 0.144 e. The zero-order valence-corrected chi connectivity index (χ0v) is 10.8. The van der Waals surface area contributed by atoms with Gasteiger partial charge in [-0.2, -0.15) is 17.0 Å². The first-order valence-electron chi connectivity index (χ1n) is 5.58. The largest absolute Gasteiger partial charge is 0.396 e. The molecular weight excluding hydrogens is 234 g/mol. The molecule has 17 heavy (non-hydrogen) atoms. The molecule has 1 heterocycles. The van der Waals surface area contributed by atoms with Crippen LogP contribution in [0.15, 0.2) is 12.1 Å². The van der Waals surface area contributed by atoms with Crippen molar-refractivity contribution in [3.05, 3.63) is 23.4 Å². The van der Waals surface area contributed by atoms with Gasteiger partial charge < -0.3 is 10.4 Å². The lowest BCUT2D eigenvalue weighted by Gasteiger charge is -2.07. The SMILES string of the molecule is Cc1ccc(C#N)c(NCCSCCCO)n1. The number of nitrogens with zero attached hydrogens (tertiary/aromatic N) is 2. The van der Waals surface area contributed by atoms with Gasteiger partial charge in [-0.15, -0.1) is 0 Å². The number of rotatable bonds is 7. The van der Waals surface area contributed by atoms with Gasteiger partial charge in [0.05, 0.1) is 5.56 Å². The van der Waals surface area contributed by atoms with Gasteiger partial charge >= 0.3 is 0 Å². The fourth-order valence-electron chi connectivity index (χ4n) is 1.29. The molecule has 1 aromatic heterocycles. The Morgan fingerprint density at radius 2 is 2.29 bits per heavy atom. The second-order valence-corrected chi connectivity index (χ2v) is 4.80. The van der Waals surface area contributed by atoms with Crippen molar-refractivity contribution in [1.82, 2.24) is 4.98 Å². The van der Waals surface area contributed by atoms with Crippen molar-refractivity contribution in [2.45, 2.75) is 13.3 Å². The topological polar surface area (TPSA) is 68.9 Å². The summed E-state index contributed by atoms with van der Waals surface area (Å²) in [6.07, 6.45) is 0.830. The van der Waals surface area contributed by atoms with E-state index in [1.54, 1.807) is 17.8 Å². The minimum Gasteiger partial charge on any atom is -0.396 e. The number of hydrogen-bond acceptors (Lipinski definition) is 5. The maximum atomic E-state index is 8.92. The number of aryl methyl sites for hydroxylation is 1. The Kier molecular flexibility index (Phi) is 6.45. The monoisotopic (exact) mass is 251 g/mol. The molecule has 4 nitrogen and oxygen atoms in total. The van der Waals surface area contributed by atoms with Crippen LogP contribution < -0.4 is 5.32 Å². The second kappa shape index (κ2) is 7.93. The molecule has 0 aromatic carbocycles. The fourth-order valence-corrected chi connectivity index (χ4v) is 2.08. The third kappa shape index (κ3) is 5.07. The first-order valence-corrected chi connectivity index (χ1v) is 6.73. The van der Waals surface area contributed by atoms with Crippen molar-refractivity contribution in [3.63, 3.8) is 0 Å². The van der Waals surface area contributed by atoms with Gasteiger partial charge in [-0.25, -0.2) is 4.98 Å². The second-order valence-electron chi connectivity index (χ2n) is 3.58. The number of aromatic nitrogens is 1. The molecule has 0 spiro atoms.